The third-order valence-corrected chi connectivity index (χ3v) is 3.26. The van der Waals surface area contributed by atoms with Crippen LogP contribution in [-0.2, 0) is 10.2 Å². The molecule has 1 aliphatic carbocycles. The summed E-state index contributed by atoms with van der Waals surface area (Å²) in [5, 5.41) is 6.39. The van der Waals surface area contributed by atoms with Crippen LogP contribution < -0.4 is 10.6 Å². The first-order valence-electron chi connectivity index (χ1n) is 7.38. The van der Waals surface area contributed by atoms with Crippen LogP contribution in [0.4, 0.5) is 11.6 Å². The first-order valence-corrected chi connectivity index (χ1v) is 7.38. The van der Waals surface area contributed by atoms with E-state index in [2.05, 4.69) is 41.4 Å². The fourth-order valence-corrected chi connectivity index (χ4v) is 1.79. The van der Waals surface area contributed by atoms with E-state index >= 15 is 0 Å². The van der Waals surface area contributed by atoms with Crippen molar-refractivity contribution in [1.82, 2.24) is 9.97 Å². The van der Waals surface area contributed by atoms with Gasteiger partial charge in [0, 0.05) is 31.7 Å². The Labute approximate surface area is 121 Å². The van der Waals surface area contributed by atoms with Gasteiger partial charge in [-0.25, -0.2) is 9.97 Å². The van der Waals surface area contributed by atoms with E-state index in [9.17, 15) is 0 Å². The van der Waals surface area contributed by atoms with Crippen molar-refractivity contribution in [3.05, 3.63) is 11.9 Å². The van der Waals surface area contributed by atoms with Crippen LogP contribution in [0, 0.1) is 5.92 Å². The molecular weight excluding hydrogens is 252 g/mol. The molecule has 0 aliphatic heterocycles. The maximum atomic E-state index is 5.61. The van der Waals surface area contributed by atoms with Gasteiger partial charge in [-0.1, -0.05) is 20.8 Å². The van der Waals surface area contributed by atoms with Gasteiger partial charge in [0.15, 0.2) is 0 Å². The Balaban J connectivity index is 1.88. The van der Waals surface area contributed by atoms with Crippen molar-refractivity contribution in [3.8, 4) is 0 Å². The average Bonchev–Trinajstić information content (AvgIpc) is 3.21. The molecule has 1 fully saturated rings. The van der Waals surface area contributed by atoms with Crippen LogP contribution in [0.1, 0.15) is 39.4 Å². The Morgan fingerprint density at radius 1 is 1.25 bits per heavy atom. The number of hydrogen-bond donors (Lipinski definition) is 2. The van der Waals surface area contributed by atoms with Crippen molar-refractivity contribution >= 4 is 11.6 Å². The molecule has 0 bridgehead atoms. The lowest BCUT2D eigenvalue weighted by Gasteiger charge is -2.18. The van der Waals surface area contributed by atoms with E-state index in [-0.39, 0.29) is 5.41 Å². The van der Waals surface area contributed by atoms with E-state index in [1.807, 2.05) is 13.1 Å². The summed E-state index contributed by atoms with van der Waals surface area (Å²) in [6.07, 6.45) is 2.67. The monoisotopic (exact) mass is 278 g/mol. The molecule has 1 aromatic rings. The smallest absolute Gasteiger partial charge is 0.138 e. The largest absolute Gasteiger partial charge is 0.379 e. The second-order valence-electron chi connectivity index (χ2n) is 6.41. The molecule has 5 nitrogen and oxygen atoms in total. The van der Waals surface area contributed by atoms with Crippen molar-refractivity contribution in [2.24, 2.45) is 5.92 Å². The summed E-state index contributed by atoms with van der Waals surface area (Å²) >= 11 is 0. The third-order valence-electron chi connectivity index (χ3n) is 3.26. The highest BCUT2D eigenvalue weighted by Crippen LogP contribution is 2.28. The second kappa shape index (κ2) is 6.39. The van der Waals surface area contributed by atoms with Gasteiger partial charge >= 0.3 is 0 Å². The summed E-state index contributed by atoms with van der Waals surface area (Å²) < 4.78 is 5.61. The Bertz CT molecular complexity index is 438. The molecule has 2 N–H and O–H groups in total. The summed E-state index contributed by atoms with van der Waals surface area (Å²) in [4.78, 5) is 9.09. The summed E-state index contributed by atoms with van der Waals surface area (Å²) in [7, 11) is 1.87. The maximum absolute atomic E-state index is 5.61. The lowest BCUT2D eigenvalue weighted by Crippen LogP contribution is -2.19. The van der Waals surface area contributed by atoms with Crippen LogP contribution in [0.2, 0.25) is 0 Å². The number of rotatable bonds is 7. The molecule has 0 aromatic carbocycles. The zero-order chi connectivity index (χ0) is 14.6. The van der Waals surface area contributed by atoms with Crippen LogP contribution >= 0.6 is 0 Å². The Morgan fingerprint density at radius 3 is 2.55 bits per heavy atom. The standard InChI is InChI=1S/C15H26N4O/c1-15(2,3)14-18-12(16-4)9-13(19-14)17-7-8-20-10-11-5-6-11/h9,11H,5-8,10H2,1-4H3,(H2,16,17,18,19). The van der Waals surface area contributed by atoms with Crippen LogP contribution in [0.5, 0.6) is 0 Å². The zero-order valence-electron chi connectivity index (χ0n) is 13.0. The Kier molecular flexibility index (Phi) is 4.81. The van der Waals surface area contributed by atoms with E-state index in [1.54, 1.807) is 0 Å². The van der Waals surface area contributed by atoms with Gasteiger partial charge in [0.2, 0.25) is 0 Å². The molecule has 0 atom stereocenters. The van der Waals surface area contributed by atoms with Crippen molar-refractivity contribution < 1.29 is 4.74 Å². The topological polar surface area (TPSA) is 59.1 Å². The molecule has 1 saturated carbocycles. The van der Waals surface area contributed by atoms with Gasteiger partial charge in [0.1, 0.15) is 17.5 Å². The Morgan fingerprint density at radius 2 is 1.95 bits per heavy atom. The van der Waals surface area contributed by atoms with Crippen molar-refractivity contribution in [2.45, 2.75) is 39.0 Å². The van der Waals surface area contributed by atoms with Crippen LogP contribution in [0.25, 0.3) is 0 Å². The lowest BCUT2D eigenvalue weighted by molar-refractivity contribution is 0.134. The third kappa shape index (κ3) is 4.63. The van der Waals surface area contributed by atoms with E-state index in [1.165, 1.54) is 12.8 Å². The molecule has 112 valence electrons. The highest BCUT2D eigenvalue weighted by molar-refractivity contribution is 5.47. The number of ether oxygens (including phenoxy) is 1. The average molecular weight is 278 g/mol. The molecule has 1 heterocycles. The molecule has 0 amide bonds. The fraction of sp³-hybridized carbons (Fsp3) is 0.733. The first-order chi connectivity index (χ1) is 9.49. The minimum atomic E-state index is -0.0637. The summed E-state index contributed by atoms with van der Waals surface area (Å²) in [5.74, 6) is 3.35. The van der Waals surface area contributed by atoms with Gasteiger partial charge in [0.05, 0.1) is 6.61 Å². The molecule has 1 aliphatic rings. The highest BCUT2D eigenvalue weighted by atomic mass is 16.5. The number of nitrogens with one attached hydrogen (secondary N) is 2. The zero-order valence-corrected chi connectivity index (χ0v) is 13.0. The summed E-state index contributed by atoms with van der Waals surface area (Å²) in [5.41, 5.74) is -0.0637. The molecule has 0 unspecified atom stereocenters. The van der Waals surface area contributed by atoms with Gasteiger partial charge in [0.25, 0.3) is 0 Å². The van der Waals surface area contributed by atoms with Crippen molar-refractivity contribution in [1.29, 1.82) is 0 Å². The number of hydrogen-bond acceptors (Lipinski definition) is 5. The van der Waals surface area contributed by atoms with E-state index < -0.39 is 0 Å². The number of nitrogens with zero attached hydrogens (tertiary/aromatic N) is 2. The second-order valence-corrected chi connectivity index (χ2v) is 6.41. The van der Waals surface area contributed by atoms with Gasteiger partial charge in [-0.2, -0.15) is 0 Å². The van der Waals surface area contributed by atoms with E-state index in [4.69, 9.17) is 4.74 Å². The highest BCUT2D eigenvalue weighted by Gasteiger charge is 2.21. The summed E-state index contributed by atoms with van der Waals surface area (Å²) in [6, 6.07) is 1.93. The van der Waals surface area contributed by atoms with E-state index in [0.717, 1.165) is 43.1 Å². The molecule has 0 spiro atoms. The molecule has 2 rings (SSSR count). The minimum Gasteiger partial charge on any atom is -0.379 e. The van der Waals surface area contributed by atoms with Crippen LogP contribution in [-0.4, -0.2) is 36.8 Å². The molecule has 5 heteroatoms. The lowest BCUT2D eigenvalue weighted by atomic mass is 9.96. The van der Waals surface area contributed by atoms with E-state index in [0.29, 0.717) is 0 Å². The van der Waals surface area contributed by atoms with Crippen molar-refractivity contribution in [3.63, 3.8) is 0 Å². The number of aromatic nitrogens is 2. The SMILES string of the molecule is CNc1cc(NCCOCC2CC2)nc(C(C)(C)C)n1. The number of anilines is 2. The van der Waals surface area contributed by atoms with Gasteiger partial charge in [-0.3, -0.25) is 0 Å². The molecule has 0 radical (unpaired) electrons. The summed E-state index contributed by atoms with van der Waals surface area (Å²) in [6.45, 7) is 8.75. The molecular formula is C15H26N4O. The maximum Gasteiger partial charge on any atom is 0.138 e. The van der Waals surface area contributed by atoms with Crippen LogP contribution in [0.15, 0.2) is 6.07 Å². The molecule has 0 saturated heterocycles. The van der Waals surface area contributed by atoms with Gasteiger partial charge in [-0.15, -0.1) is 0 Å². The predicted octanol–water partition coefficient (Wildman–Crippen LogP) is 2.65. The van der Waals surface area contributed by atoms with Crippen molar-refractivity contribution in [2.75, 3.05) is 37.4 Å². The van der Waals surface area contributed by atoms with Crippen LogP contribution in [0.3, 0.4) is 0 Å². The predicted molar refractivity (Wildman–Crippen MR) is 82.3 cm³/mol. The van der Waals surface area contributed by atoms with Gasteiger partial charge in [-0.05, 0) is 18.8 Å². The first kappa shape index (κ1) is 15.0. The molecule has 20 heavy (non-hydrogen) atoms. The quantitative estimate of drug-likeness (QED) is 0.751. The molecule has 1 aromatic heterocycles. The Hall–Kier alpha value is -1.36. The normalized spacial score (nSPS) is 15.2. The fourth-order valence-electron chi connectivity index (χ4n) is 1.79. The minimum absolute atomic E-state index is 0.0637. The van der Waals surface area contributed by atoms with Gasteiger partial charge < -0.3 is 15.4 Å².